The first-order chi connectivity index (χ1) is 16.5. The van der Waals surface area contributed by atoms with Crippen LogP contribution in [0.5, 0.6) is 0 Å². The van der Waals surface area contributed by atoms with Gasteiger partial charge < -0.3 is 0 Å². The molecule has 168 valence electrons. The molecule has 0 aliphatic rings. The smallest absolute Gasteiger partial charge is 0.255 e. The SMILES string of the molecule is FC(F)(F)c1nc(-c2cc([Si](c3ccccc3)(c3ccccc3)c3ccccc3)ccn2)n[nH]1. The van der Waals surface area contributed by atoms with E-state index >= 15 is 0 Å². The Labute approximate surface area is 195 Å². The summed E-state index contributed by atoms with van der Waals surface area (Å²) in [5, 5.41) is 10.2. The maximum Gasteiger partial charge on any atom is 0.451 e. The zero-order chi connectivity index (χ0) is 23.6. The van der Waals surface area contributed by atoms with Crippen LogP contribution in [0.1, 0.15) is 5.82 Å². The van der Waals surface area contributed by atoms with Gasteiger partial charge in [-0.2, -0.15) is 18.3 Å². The zero-order valence-corrected chi connectivity index (χ0v) is 18.9. The first-order valence-corrected chi connectivity index (χ1v) is 12.6. The number of hydrogen-bond donors (Lipinski definition) is 1. The summed E-state index contributed by atoms with van der Waals surface area (Å²) in [5.41, 5.74) is 0.281. The fraction of sp³-hybridized carbons (Fsp3) is 0.0385. The summed E-state index contributed by atoms with van der Waals surface area (Å²) in [6, 6.07) is 34.4. The Morgan fingerprint density at radius 1 is 0.647 bits per heavy atom. The summed E-state index contributed by atoms with van der Waals surface area (Å²) in [5.74, 6) is -1.24. The number of alkyl halides is 3. The Balaban J connectivity index is 1.79. The van der Waals surface area contributed by atoms with Gasteiger partial charge in [0.25, 0.3) is 0 Å². The van der Waals surface area contributed by atoms with E-state index in [1.54, 1.807) is 6.20 Å². The predicted octanol–water partition coefficient (Wildman–Crippen LogP) is 3.26. The van der Waals surface area contributed by atoms with Gasteiger partial charge in [0.15, 0.2) is 13.9 Å². The van der Waals surface area contributed by atoms with Gasteiger partial charge in [0.1, 0.15) is 5.69 Å². The molecule has 0 saturated heterocycles. The minimum atomic E-state index is -4.61. The lowest BCUT2D eigenvalue weighted by Crippen LogP contribution is -2.74. The summed E-state index contributed by atoms with van der Waals surface area (Å²) in [4.78, 5) is 7.96. The van der Waals surface area contributed by atoms with Crippen LogP contribution in [0, 0.1) is 0 Å². The van der Waals surface area contributed by atoms with Crippen LogP contribution in [0.2, 0.25) is 0 Å². The highest BCUT2D eigenvalue weighted by Crippen LogP contribution is 2.27. The van der Waals surface area contributed by atoms with Gasteiger partial charge in [0.05, 0.1) is 0 Å². The number of hydrogen-bond acceptors (Lipinski definition) is 3. The van der Waals surface area contributed by atoms with Crippen LogP contribution >= 0.6 is 0 Å². The lowest BCUT2D eigenvalue weighted by molar-refractivity contribution is -0.144. The van der Waals surface area contributed by atoms with E-state index in [4.69, 9.17) is 0 Å². The molecule has 0 aliphatic carbocycles. The Kier molecular flexibility index (Phi) is 5.58. The standard InChI is InChI=1S/C26H19F3N4Si/c27-26(28,29)25-31-24(32-33-25)23-18-22(16-17-30-23)34(19-10-4-1-5-11-19,20-12-6-2-7-13-20)21-14-8-3-9-15-21/h1-18H,(H,31,32,33). The van der Waals surface area contributed by atoms with E-state index in [1.165, 1.54) is 0 Å². The molecule has 0 atom stereocenters. The monoisotopic (exact) mass is 472 g/mol. The molecule has 0 unspecified atom stereocenters. The fourth-order valence-corrected chi connectivity index (χ4v) is 9.11. The molecule has 0 aliphatic heterocycles. The third kappa shape index (κ3) is 3.82. The van der Waals surface area contributed by atoms with Crippen molar-refractivity contribution in [2.45, 2.75) is 6.18 Å². The summed E-state index contributed by atoms with van der Waals surface area (Å²) in [6.45, 7) is 0. The third-order valence-corrected chi connectivity index (χ3v) is 10.6. The van der Waals surface area contributed by atoms with Gasteiger partial charge in [0, 0.05) is 6.20 Å². The number of H-pyrrole nitrogens is 1. The number of nitrogens with one attached hydrogen (secondary N) is 1. The maximum atomic E-state index is 13.1. The third-order valence-electron chi connectivity index (χ3n) is 5.80. The Hall–Kier alpha value is -4.04. The molecule has 1 N–H and O–H groups in total. The highest BCUT2D eigenvalue weighted by Gasteiger charge is 2.42. The molecular weight excluding hydrogens is 453 g/mol. The summed E-state index contributed by atoms with van der Waals surface area (Å²) in [6.07, 6.45) is -3.00. The molecule has 5 rings (SSSR count). The highest BCUT2D eigenvalue weighted by atomic mass is 28.3. The summed E-state index contributed by atoms with van der Waals surface area (Å²) in [7, 11) is -2.82. The number of nitrogens with zero attached hydrogens (tertiary/aromatic N) is 3. The van der Waals surface area contributed by atoms with E-state index in [0.29, 0.717) is 0 Å². The molecule has 3 aromatic carbocycles. The van der Waals surface area contributed by atoms with E-state index in [1.807, 2.05) is 71.8 Å². The molecule has 0 saturated carbocycles. The molecule has 2 aromatic heterocycles. The molecule has 5 aromatic rings. The largest absolute Gasteiger partial charge is 0.451 e. The van der Waals surface area contributed by atoms with Gasteiger partial charge in [0.2, 0.25) is 5.82 Å². The van der Waals surface area contributed by atoms with Crippen molar-refractivity contribution in [3.05, 3.63) is 115 Å². The molecule has 0 spiro atoms. The van der Waals surface area contributed by atoms with E-state index < -0.39 is 20.1 Å². The van der Waals surface area contributed by atoms with Crippen molar-refractivity contribution >= 4 is 28.8 Å². The van der Waals surface area contributed by atoms with Crippen LogP contribution in [0.4, 0.5) is 13.2 Å². The van der Waals surface area contributed by atoms with Gasteiger partial charge in [-0.05, 0) is 32.9 Å². The number of pyridine rings is 1. The van der Waals surface area contributed by atoms with Crippen molar-refractivity contribution in [2.75, 3.05) is 0 Å². The van der Waals surface area contributed by atoms with Crippen molar-refractivity contribution in [3.8, 4) is 11.5 Å². The Morgan fingerprint density at radius 3 is 1.59 bits per heavy atom. The van der Waals surface area contributed by atoms with Gasteiger partial charge in [-0.1, -0.05) is 91.0 Å². The lowest BCUT2D eigenvalue weighted by atomic mass is 10.3. The Morgan fingerprint density at radius 2 is 1.15 bits per heavy atom. The normalized spacial score (nSPS) is 12.0. The summed E-state index contributed by atoms with van der Waals surface area (Å²) < 4.78 is 39.3. The average molecular weight is 473 g/mol. The van der Waals surface area contributed by atoms with Crippen LogP contribution in [0.15, 0.2) is 109 Å². The van der Waals surface area contributed by atoms with Gasteiger partial charge in [-0.25, -0.2) is 4.98 Å². The predicted molar refractivity (Wildman–Crippen MR) is 128 cm³/mol. The van der Waals surface area contributed by atoms with Gasteiger partial charge >= 0.3 is 6.18 Å². The molecular formula is C26H19F3N4Si. The van der Waals surface area contributed by atoms with E-state index in [2.05, 4.69) is 51.5 Å². The van der Waals surface area contributed by atoms with E-state index in [9.17, 15) is 13.2 Å². The van der Waals surface area contributed by atoms with Crippen LogP contribution in [0.3, 0.4) is 0 Å². The lowest BCUT2D eigenvalue weighted by Gasteiger charge is -2.34. The first-order valence-electron chi connectivity index (χ1n) is 10.6. The maximum absolute atomic E-state index is 13.1. The average Bonchev–Trinajstić information content (AvgIpc) is 3.38. The van der Waals surface area contributed by atoms with Gasteiger partial charge in [-0.3, -0.25) is 10.1 Å². The van der Waals surface area contributed by atoms with Crippen molar-refractivity contribution in [1.82, 2.24) is 20.2 Å². The fourth-order valence-electron chi connectivity index (χ4n) is 4.35. The highest BCUT2D eigenvalue weighted by molar-refractivity contribution is 7.19. The van der Waals surface area contributed by atoms with Crippen LogP contribution < -0.4 is 20.7 Å². The zero-order valence-electron chi connectivity index (χ0n) is 17.9. The van der Waals surface area contributed by atoms with Crippen molar-refractivity contribution in [1.29, 1.82) is 0 Å². The van der Waals surface area contributed by atoms with Crippen LogP contribution in [-0.4, -0.2) is 28.2 Å². The summed E-state index contributed by atoms with van der Waals surface area (Å²) >= 11 is 0. The Bertz CT molecular complexity index is 1290. The second-order valence-corrected chi connectivity index (χ2v) is 11.6. The molecule has 0 fully saturated rings. The molecule has 34 heavy (non-hydrogen) atoms. The van der Waals surface area contributed by atoms with E-state index in [0.717, 1.165) is 20.7 Å². The van der Waals surface area contributed by atoms with Crippen LogP contribution in [0.25, 0.3) is 11.5 Å². The number of rotatable bonds is 5. The van der Waals surface area contributed by atoms with Crippen LogP contribution in [-0.2, 0) is 6.18 Å². The number of aromatic nitrogens is 4. The number of benzene rings is 3. The molecule has 0 amide bonds. The second kappa shape index (κ2) is 8.72. The molecule has 2 heterocycles. The van der Waals surface area contributed by atoms with Crippen molar-refractivity contribution in [2.24, 2.45) is 0 Å². The quantitative estimate of drug-likeness (QED) is 0.316. The first kappa shape index (κ1) is 21.8. The number of halogens is 3. The van der Waals surface area contributed by atoms with Crippen molar-refractivity contribution < 1.29 is 13.2 Å². The minimum Gasteiger partial charge on any atom is -0.255 e. The molecule has 8 heteroatoms. The molecule has 0 bridgehead atoms. The van der Waals surface area contributed by atoms with Crippen molar-refractivity contribution in [3.63, 3.8) is 0 Å². The van der Waals surface area contributed by atoms with Gasteiger partial charge in [-0.15, -0.1) is 0 Å². The topological polar surface area (TPSA) is 54.5 Å². The minimum absolute atomic E-state index is 0.0914. The molecule has 4 nitrogen and oxygen atoms in total. The van der Waals surface area contributed by atoms with E-state index in [-0.39, 0.29) is 11.5 Å². The molecule has 0 radical (unpaired) electrons. The number of aromatic amines is 1. The second-order valence-electron chi connectivity index (χ2n) is 7.78.